The summed E-state index contributed by atoms with van der Waals surface area (Å²) in [6.45, 7) is 0. The maximum absolute atomic E-state index is 13.5. The van der Waals surface area contributed by atoms with E-state index in [9.17, 15) is 14.5 Å². The summed E-state index contributed by atoms with van der Waals surface area (Å²) in [6, 6.07) is 13.3. The Morgan fingerprint density at radius 1 is 1.25 bits per heavy atom. The molecule has 0 amide bonds. The van der Waals surface area contributed by atoms with Gasteiger partial charge in [-0.25, -0.2) is 4.98 Å². The molecule has 0 spiro atoms. The van der Waals surface area contributed by atoms with E-state index >= 15 is 0 Å². The van der Waals surface area contributed by atoms with Crippen LogP contribution in [0.5, 0.6) is 0 Å². The molecule has 0 radical (unpaired) electrons. The van der Waals surface area contributed by atoms with Crippen LogP contribution in [0.3, 0.4) is 0 Å². The number of hydrogen-bond acceptors (Lipinski definition) is 6. The highest BCUT2D eigenvalue weighted by Crippen LogP contribution is 2.24. The lowest BCUT2D eigenvalue weighted by atomic mass is 10.2. The summed E-state index contributed by atoms with van der Waals surface area (Å²) in [7, 11) is 0. The topological polar surface area (TPSA) is 80.4 Å². The van der Waals surface area contributed by atoms with Crippen LogP contribution in [-0.4, -0.2) is 16.1 Å². The molecule has 0 fully saturated rings. The molecule has 8 heteroatoms. The number of rotatable bonds is 5. The molecule has 1 N–H and O–H groups in total. The van der Waals surface area contributed by atoms with Gasteiger partial charge in [-0.3, -0.25) is 15.5 Å². The maximum atomic E-state index is 13.5. The molecular weight excluding hydrogens is 331 g/mol. The third-order valence-electron chi connectivity index (χ3n) is 3.12. The fourth-order valence-corrected chi connectivity index (χ4v) is 2.65. The zero-order valence-electron chi connectivity index (χ0n) is 12.2. The van der Waals surface area contributed by atoms with Crippen molar-refractivity contribution in [2.24, 2.45) is 5.10 Å². The third-order valence-corrected chi connectivity index (χ3v) is 3.86. The monoisotopic (exact) mass is 342 g/mol. The highest BCUT2D eigenvalue weighted by Gasteiger charge is 2.12. The van der Waals surface area contributed by atoms with Gasteiger partial charge < -0.3 is 0 Å². The fourth-order valence-electron chi connectivity index (χ4n) is 1.98. The van der Waals surface area contributed by atoms with Gasteiger partial charge in [-0.1, -0.05) is 30.3 Å². The standard InChI is InChI=1S/C16H11FN4O2S/c17-13-8-11(6-7-15(13)21(22)23)9-18-20-16-19-14(10-24-16)12-4-2-1-3-5-12/h1-10H,(H,19,20). The lowest BCUT2D eigenvalue weighted by Crippen LogP contribution is -1.95. The minimum Gasteiger partial charge on any atom is -0.258 e. The normalized spacial score (nSPS) is 10.9. The molecule has 0 saturated heterocycles. The van der Waals surface area contributed by atoms with Crippen molar-refractivity contribution < 1.29 is 9.31 Å². The Morgan fingerprint density at radius 2 is 2.04 bits per heavy atom. The predicted molar refractivity (Wildman–Crippen MR) is 91.8 cm³/mol. The Balaban J connectivity index is 1.68. The second-order valence-corrected chi connectivity index (χ2v) is 5.60. The number of thiazole rings is 1. The molecule has 0 aliphatic carbocycles. The van der Waals surface area contributed by atoms with Gasteiger partial charge in [0.1, 0.15) is 0 Å². The van der Waals surface area contributed by atoms with Crippen LogP contribution in [0.15, 0.2) is 59.0 Å². The van der Waals surface area contributed by atoms with E-state index in [-0.39, 0.29) is 0 Å². The molecule has 0 aliphatic heterocycles. The summed E-state index contributed by atoms with van der Waals surface area (Å²) >= 11 is 1.39. The zero-order chi connectivity index (χ0) is 16.9. The van der Waals surface area contributed by atoms with Gasteiger partial charge in [0.05, 0.1) is 16.8 Å². The van der Waals surface area contributed by atoms with Gasteiger partial charge >= 0.3 is 5.69 Å². The Hall–Kier alpha value is -3.13. The summed E-state index contributed by atoms with van der Waals surface area (Å²) in [6.07, 6.45) is 1.37. The number of nitro groups is 1. The van der Waals surface area contributed by atoms with Crippen molar-refractivity contribution in [3.05, 3.63) is 75.4 Å². The van der Waals surface area contributed by atoms with Gasteiger partial charge in [0.15, 0.2) is 0 Å². The first-order valence-corrected chi connectivity index (χ1v) is 7.75. The lowest BCUT2D eigenvalue weighted by molar-refractivity contribution is -0.387. The van der Waals surface area contributed by atoms with Crippen molar-refractivity contribution in [2.45, 2.75) is 0 Å². The molecule has 24 heavy (non-hydrogen) atoms. The van der Waals surface area contributed by atoms with Crippen LogP contribution < -0.4 is 5.43 Å². The molecule has 3 aromatic rings. The van der Waals surface area contributed by atoms with Gasteiger partial charge in [-0.15, -0.1) is 11.3 Å². The minimum atomic E-state index is -0.899. The number of aromatic nitrogens is 1. The second kappa shape index (κ2) is 6.97. The van der Waals surface area contributed by atoms with E-state index in [0.717, 1.165) is 23.4 Å². The molecule has 0 saturated carbocycles. The summed E-state index contributed by atoms with van der Waals surface area (Å²) in [5.74, 6) is -0.899. The van der Waals surface area contributed by atoms with Gasteiger partial charge in [0.25, 0.3) is 0 Å². The van der Waals surface area contributed by atoms with Crippen LogP contribution >= 0.6 is 11.3 Å². The molecule has 0 unspecified atom stereocenters. The molecule has 1 heterocycles. The van der Waals surface area contributed by atoms with E-state index in [1.54, 1.807) is 0 Å². The number of hydrazone groups is 1. The van der Waals surface area contributed by atoms with E-state index in [2.05, 4.69) is 15.5 Å². The van der Waals surface area contributed by atoms with Crippen LogP contribution in [-0.2, 0) is 0 Å². The molecular formula is C16H11FN4O2S. The third kappa shape index (κ3) is 3.61. The van der Waals surface area contributed by atoms with Gasteiger partial charge in [-0.05, 0) is 17.7 Å². The summed E-state index contributed by atoms with van der Waals surface area (Å²) in [5.41, 5.74) is 4.44. The first-order valence-electron chi connectivity index (χ1n) is 6.87. The van der Waals surface area contributed by atoms with Gasteiger partial charge in [0.2, 0.25) is 10.9 Å². The van der Waals surface area contributed by atoms with Gasteiger partial charge in [-0.2, -0.15) is 9.49 Å². The van der Waals surface area contributed by atoms with Crippen LogP contribution in [0, 0.1) is 15.9 Å². The van der Waals surface area contributed by atoms with E-state index < -0.39 is 16.4 Å². The van der Waals surface area contributed by atoms with Crippen LogP contribution in [0.1, 0.15) is 5.56 Å². The molecule has 0 atom stereocenters. The number of benzene rings is 2. The van der Waals surface area contributed by atoms with Gasteiger partial charge in [0, 0.05) is 17.0 Å². The van der Waals surface area contributed by atoms with Crippen LogP contribution in [0.4, 0.5) is 15.2 Å². The molecule has 120 valence electrons. The first-order chi connectivity index (χ1) is 11.6. The van der Waals surface area contributed by atoms with Crippen molar-refractivity contribution in [1.29, 1.82) is 0 Å². The Labute approximate surface area is 140 Å². The van der Waals surface area contributed by atoms with Crippen molar-refractivity contribution in [3.63, 3.8) is 0 Å². The lowest BCUT2D eigenvalue weighted by Gasteiger charge is -1.97. The minimum absolute atomic E-state index is 0.408. The van der Waals surface area contributed by atoms with Crippen molar-refractivity contribution in [2.75, 3.05) is 5.43 Å². The van der Waals surface area contributed by atoms with E-state index in [4.69, 9.17) is 0 Å². The summed E-state index contributed by atoms with van der Waals surface area (Å²) in [4.78, 5) is 14.2. The zero-order valence-corrected chi connectivity index (χ0v) is 13.0. The summed E-state index contributed by atoms with van der Waals surface area (Å²) in [5, 5.41) is 17.0. The predicted octanol–water partition coefficient (Wildman–Crippen LogP) is 4.30. The van der Waals surface area contributed by atoms with E-state index in [1.807, 2.05) is 35.7 Å². The largest absolute Gasteiger partial charge is 0.304 e. The average molecular weight is 342 g/mol. The molecule has 2 aromatic carbocycles. The first kappa shape index (κ1) is 15.8. The number of nitrogens with one attached hydrogen (secondary N) is 1. The van der Waals surface area contributed by atoms with E-state index in [1.165, 1.54) is 23.6 Å². The highest BCUT2D eigenvalue weighted by atomic mass is 32.1. The molecule has 0 aliphatic rings. The number of nitrogens with zero attached hydrogens (tertiary/aromatic N) is 3. The Morgan fingerprint density at radius 3 is 2.75 bits per heavy atom. The average Bonchev–Trinajstić information content (AvgIpc) is 3.04. The maximum Gasteiger partial charge on any atom is 0.304 e. The second-order valence-electron chi connectivity index (χ2n) is 4.74. The number of nitro benzene ring substituents is 1. The Kier molecular flexibility index (Phi) is 4.57. The molecule has 6 nitrogen and oxygen atoms in total. The SMILES string of the molecule is O=[N+]([O-])c1ccc(C=NNc2nc(-c3ccccc3)cs2)cc1F. The molecule has 0 bridgehead atoms. The highest BCUT2D eigenvalue weighted by molar-refractivity contribution is 7.14. The summed E-state index contributed by atoms with van der Waals surface area (Å²) < 4.78 is 13.5. The number of halogens is 1. The van der Waals surface area contributed by atoms with Crippen molar-refractivity contribution in [3.8, 4) is 11.3 Å². The Bertz CT molecular complexity index is 896. The molecule has 3 rings (SSSR count). The fraction of sp³-hybridized carbons (Fsp3) is 0. The number of hydrogen-bond donors (Lipinski definition) is 1. The van der Waals surface area contributed by atoms with E-state index in [0.29, 0.717) is 10.7 Å². The smallest absolute Gasteiger partial charge is 0.258 e. The van der Waals surface area contributed by atoms with Crippen molar-refractivity contribution >= 4 is 28.4 Å². The van der Waals surface area contributed by atoms with Crippen LogP contribution in [0.25, 0.3) is 11.3 Å². The molecule has 1 aromatic heterocycles. The number of anilines is 1. The van der Waals surface area contributed by atoms with Crippen LogP contribution in [0.2, 0.25) is 0 Å². The van der Waals surface area contributed by atoms with Crippen molar-refractivity contribution in [1.82, 2.24) is 4.98 Å². The quantitative estimate of drug-likeness (QED) is 0.426.